The fourth-order valence-electron chi connectivity index (χ4n) is 7.76. The van der Waals surface area contributed by atoms with Gasteiger partial charge in [-0.1, -0.05) is 24.6 Å². The van der Waals surface area contributed by atoms with Crippen LogP contribution >= 0.6 is 11.6 Å². The minimum absolute atomic E-state index is 0.0421. The van der Waals surface area contributed by atoms with Gasteiger partial charge in [-0.25, -0.2) is 14.0 Å². The summed E-state index contributed by atoms with van der Waals surface area (Å²) in [7, 11) is 0. The molecule has 13 heteroatoms. The van der Waals surface area contributed by atoms with Crippen molar-refractivity contribution in [3.63, 3.8) is 0 Å². The van der Waals surface area contributed by atoms with Gasteiger partial charge in [0.25, 0.3) is 0 Å². The summed E-state index contributed by atoms with van der Waals surface area (Å²) >= 11 is 6.68. The van der Waals surface area contributed by atoms with E-state index in [4.69, 9.17) is 35.5 Å². The van der Waals surface area contributed by atoms with Crippen molar-refractivity contribution in [2.75, 3.05) is 24.6 Å². The van der Waals surface area contributed by atoms with Gasteiger partial charge in [-0.05, 0) is 91.3 Å². The number of alkyl halides is 1. The Morgan fingerprint density at radius 1 is 1.14 bits per heavy atom. The van der Waals surface area contributed by atoms with Crippen LogP contribution in [0.3, 0.4) is 0 Å². The van der Waals surface area contributed by atoms with Gasteiger partial charge >= 0.3 is 18.2 Å². The number of ether oxygens (including phenoxy) is 4. The van der Waals surface area contributed by atoms with E-state index in [9.17, 15) is 19.2 Å². The average Bonchev–Trinajstić information content (AvgIpc) is 3.51. The normalized spacial score (nSPS) is 26.4. The third-order valence-corrected chi connectivity index (χ3v) is 10.2. The highest BCUT2D eigenvalue weighted by Crippen LogP contribution is 2.51. The monoisotopic (exact) mass is 697 g/mol. The third kappa shape index (κ3) is 6.82. The summed E-state index contributed by atoms with van der Waals surface area (Å²) in [6.45, 7) is 13.8. The molecule has 1 aromatic carbocycles. The Morgan fingerprint density at radius 3 is 2.49 bits per heavy atom. The maximum atomic E-state index is 14.4. The van der Waals surface area contributed by atoms with Crippen LogP contribution in [0.4, 0.5) is 19.7 Å². The molecule has 6 rings (SSSR count). The van der Waals surface area contributed by atoms with E-state index in [2.05, 4.69) is 22.9 Å². The number of carbonyl (C=O) groups excluding carboxylic acids is 2. The fourth-order valence-corrected chi connectivity index (χ4v) is 7.99. The van der Waals surface area contributed by atoms with Crippen LogP contribution in [0.5, 0.6) is 6.01 Å². The first-order valence-corrected chi connectivity index (χ1v) is 17.4. The molecular formula is C36H45ClFN5O6. The van der Waals surface area contributed by atoms with E-state index in [1.807, 2.05) is 6.07 Å². The molecule has 1 spiro atoms. The fraction of sp³-hybridized carbons (Fsp3) is 0.639. The second-order valence-corrected chi connectivity index (χ2v) is 16.2. The van der Waals surface area contributed by atoms with Crippen molar-refractivity contribution in [1.29, 1.82) is 5.26 Å². The summed E-state index contributed by atoms with van der Waals surface area (Å²) in [5, 5.41) is 11.0. The lowest BCUT2D eigenvalue weighted by molar-refractivity contribution is -0.0875. The lowest BCUT2D eigenvalue weighted by Crippen LogP contribution is -2.45. The first-order chi connectivity index (χ1) is 22.9. The number of anilines is 1. The Labute approximate surface area is 292 Å². The van der Waals surface area contributed by atoms with Crippen LogP contribution in [-0.4, -0.2) is 69.7 Å². The van der Waals surface area contributed by atoms with E-state index in [1.54, 1.807) is 47.6 Å². The molecule has 2 amide bonds. The largest absolute Gasteiger partial charge is 0.461 e. The number of carbonyl (C=O) groups is 2. The zero-order valence-corrected chi connectivity index (χ0v) is 30.1. The second-order valence-electron chi connectivity index (χ2n) is 15.8. The van der Waals surface area contributed by atoms with Gasteiger partial charge in [0.15, 0.2) is 0 Å². The van der Waals surface area contributed by atoms with Crippen molar-refractivity contribution < 1.29 is 32.9 Å². The molecular weight excluding hydrogens is 653 g/mol. The number of hydrogen-bond acceptors (Lipinski definition) is 10. The molecule has 0 unspecified atom stereocenters. The maximum absolute atomic E-state index is 14.4. The predicted molar refractivity (Wildman–Crippen MR) is 180 cm³/mol. The summed E-state index contributed by atoms with van der Waals surface area (Å²) in [5.41, 5.74) is -0.370. The molecule has 0 N–H and O–H groups in total. The van der Waals surface area contributed by atoms with Gasteiger partial charge in [0.05, 0.1) is 29.1 Å². The van der Waals surface area contributed by atoms with Crippen molar-refractivity contribution >= 4 is 29.5 Å². The number of amides is 2. The molecule has 0 saturated carbocycles. The second kappa shape index (κ2) is 12.7. The minimum Gasteiger partial charge on any atom is -0.461 e. The zero-order valence-electron chi connectivity index (χ0n) is 29.3. The number of rotatable bonds is 4. The highest BCUT2D eigenvalue weighted by Gasteiger charge is 2.50. The third-order valence-electron chi connectivity index (χ3n) is 9.89. The summed E-state index contributed by atoms with van der Waals surface area (Å²) in [6.07, 6.45) is 1.00. The van der Waals surface area contributed by atoms with Gasteiger partial charge in [0.2, 0.25) is 0 Å². The van der Waals surface area contributed by atoms with E-state index in [-0.39, 0.29) is 53.5 Å². The van der Waals surface area contributed by atoms with Crippen LogP contribution < -0.4 is 9.64 Å². The van der Waals surface area contributed by atoms with Crippen molar-refractivity contribution in [3.05, 3.63) is 45.2 Å². The molecule has 1 aromatic heterocycles. The van der Waals surface area contributed by atoms with Gasteiger partial charge in [0.1, 0.15) is 40.8 Å². The SMILES string of the molecule is C[C@H]1CC[C@]2(Cc3nc(OC[C@@]45CCCN4C[C@H](F)C5)nc(Cl)c3CO2)c2c1ccc(N(C(=O)OC(C)(C)C)C(=O)OC(C)(C)C)c2C#N. The Bertz CT molecular complexity index is 1670. The van der Waals surface area contributed by atoms with Gasteiger partial charge in [-0.2, -0.15) is 20.1 Å². The van der Waals surface area contributed by atoms with Gasteiger partial charge < -0.3 is 18.9 Å². The van der Waals surface area contributed by atoms with E-state index >= 15 is 0 Å². The summed E-state index contributed by atoms with van der Waals surface area (Å²) < 4.78 is 38.5. The quantitative estimate of drug-likeness (QED) is 0.296. The highest BCUT2D eigenvalue weighted by atomic mass is 35.5. The smallest absolute Gasteiger partial charge is 0.424 e. The van der Waals surface area contributed by atoms with E-state index in [0.29, 0.717) is 36.2 Å². The number of nitrogens with zero attached hydrogens (tertiary/aromatic N) is 5. The molecule has 264 valence electrons. The van der Waals surface area contributed by atoms with Crippen molar-refractivity contribution in [2.45, 2.75) is 128 Å². The molecule has 4 atom stereocenters. The lowest BCUT2D eigenvalue weighted by Gasteiger charge is -2.44. The number of halogens is 2. The Morgan fingerprint density at radius 2 is 1.84 bits per heavy atom. The van der Waals surface area contributed by atoms with Crippen molar-refractivity contribution in [3.8, 4) is 12.1 Å². The summed E-state index contributed by atoms with van der Waals surface area (Å²) in [6, 6.07) is 5.85. The number of aromatic nitrogens is 2. The number of nitriles is 1. The van der Waals surface area contributed by atoms with Crippen LogP contribution in [0.1, 0.15) is 114 Å². The van der Waals surface area contributed by atoms with Crippen LogP contribution in [-0.2, 0) is 32.8 Å². The summed E-state index contributed by atoms with van der Waals surface area (Å²) in [5.74, 6) is 0.0653. The molecule has 49 heavy (non-hydrogen) atoms. The van der Waals surface area contributed by atoms with Gasteiger partial charge in [-0.3, -0.25) is 4.90 Å². The van der Waals surface area contributed by atoms with Crippen LogP contribution in [0.25, 0.3) is 0 Å². The molecule has 4 heterocycles. The molecule has 11 nitrogen and oxygen atoms in total. The first kappa shape index (κ1) is 35.3. The average molecular weight is 698 g/mol. The first-order valence-electron chi connectivity index (χ1n) is 17.0. The van der Waals surface area contributed by atoms with Gasteiger partial charge in [-0.15, -0.1) is 0 Å². The molecule has 2 aromatic rings. The van der Waals surface area contributed by atoms with E-state index in [1.165, 1.54) is 0 Å². The molecule has 2 fully saturated rings. The number of benzene rings is 1. The standard InChI is InChI=1S/C36H45ClFN5O6/c1-21-11-13-36(16-26-25(19-47-36)29(37)41-30(40-26)46-20-35-12-8-14-42(35)18-22(38)15-35)28-23(21)9-10-27(24(28)17-39)43(31(44)48-33(2,3)4)32(45)49-34(5,6)7/h9-10,21-22H,8,11-16,18-20H2,1-7H3/t21-,22+,35-,36-/m0/s1. The maximum Gasteiger partial charge on any atom is 0.424 e. The summed E-state index contributed by atoms with van der Waals surface area (Å²) in [4.78, 5) is 39.4. The molecule has 1 aliphatic carbocycles. The Balaban J connectivity index is 1.39. The molecule has 2 saturated heterocycles. The minimum atomic E-state index is -1.02. The van der Waals surface area contributed by atoms with Gasteiger partial charge in [0, 0.05) is 30.5 Å². The van der Waals surface area contributed by atoms with Crippen molar-refractivity contribution in [1.82, 2.24) is 14.9 Å². The van der Waals surface area contributed by atoms with Crippen LogP contribution in [0.2, 0.25) is 5.15 Å². The highest BCUT2D eigenvalue weighted by molar-refractivity contribution is 6.30. The Hall–Kier alpha value is -3.53. The van der Waals surface area contributed by atoms with E-state index in [0.717, 1.165) is 36.3 Å². The molecule has 4 aliphatic rings. The predicted octanol–water partition coefficient (Wildman–Crippen LogP) is 7.50. The molecule has 3 aliphatic heterocycles. The number of hydrogen-bond donors (Lipinski definition) is 0. The zero-order chi connectivity index (χ0) is 35.5. The number of fused-ring (bicyclic) bond motifs is 4. The Kier molecular flexibility index (Phi) is 9.12. The topological polar surface area (TPSA) is 127 Å². The number of imide groups is 1. The van der Waals surface area contributed by atoms with Crippen LogP contribution in [0, 0.1) is 11.3 Å². The van der Waals surface area contributed by atoms with Crippen LogP contribution in [0.15, 0.2) is 12.1 Å². The van der Waals surface area contributed by atoms with Crippen molar-refractivity contribution in [2.24, 2.45) is 0 Å². The lowest BCUT2D eigenvalue weighted by atomic mass is 9.69. The van der Waals surface area contributed by atoms with E-state index < -0.39 is 35.2 Å². The molecule has 0 bridgehead atoms. The molecule has 0 radical (unpaired) electrons.